The molecule has 13 nitrogen and oxygen atoms in total. The minimum absolute atomic E-state index is 0.0403. The van der Waals surface area contributed by atoms with E-state index in [9.17, 15) is 35.2 Å². The highest BCUT2D eigenvalue weighted by Crippen LogP contribution is 2.32. The summed E-state index contributed by atoms with van der Waals surface area (Å²) in [7, 11) is -8.07. The molecule has 0 unspecified atom stereocenters. The van der Waals surface area contributed by atoms with Gasteiger partial charge in [0.2, 0.25) is 0 Å². The predicted octanol–water partition coefficient (Wildman–Crippen LogP) is 5.04. The number of fused-ring (bicyclic) bond motifs is 2. The highest BCUT2D eigenvalue weighted by Gasteiger charge is 2.19. The third-order valence-electron chi connectivity index (χ3n) is 7.82. The Morgan fingerprint density at radius 3 is 1.37 bits per heavy atom. The summed E-state index contributed by atoms with van der Waals surface area (Å²) < 4.78 is 95.7. The van der Waals surface area contributed by atoms with Crippen LogP contribution in [0.5, 0.6) is 11.5 Å². The zero-order chi connectivity index (χ0) is 36.5. The summed E-state index contributed by atoms with van der Waals surface area (Å²) in [5.41, 5.74) is 0.0982. The van der Waals surface area contributed by atoms with Crippen LogP contribution in [0, 0.1) is 0 Å². The summed E-state index contributed by atoms with van der Waals surface area (Å²) in [6, 6.07) is 21.1. The van der Waals surface area contributed by atoms with Gasteiger partial charge in [0.1, 0.15) is 36.0 Å². The Labute approximate surface area is 288 Å². The van der Waals surface area contributed by atoms with E-state index < -0.39 is 45.0 Å². The van der Waals surface area contributed by atoms with Gasteiger partial charge in [-0.2, -0.15) is 16.8 Å². The SMILES string of the molecule is NS(=O)(=O)Nc1cccc(Cc2c(CF)c3ccc(Oc4ccc5c(CF)c(Cc6cccc(NS(N)(=O)=O)c6)c(=O)oc5c4)cc3oc2=O)c1. The summed E-state index contributed by atoms with van der Waals surface area (Å²) in [4.78, 5) is 26.1. The zero-order valence-electron chi connectivity index (χ0n) is 26.3. The van der Waals surface area contributed by atoms with Gasteiger partial charge in [0.05, 0.1) is 11.4 Å². The van der Waals surface area contributed by atoms with Crippen LogP contribution in [-0.4, -0.2) is 16.8 Å². The highest BCUT2D eigenvalue weighted by atomic mass is 32.2. The Balaban J connectivity index is 1.27. The van der Waals surface area contributed by atoms with Gasteiger partial charge in [-0.05, 0) is 59.7 Å². The van der Waals surface area contributed by atoms with E-state index in [2.05, 4.69) is 9.44 Å². The van der Waals surface area contributed by atoms with Crippen molar-refractivity contribution in [2.75, 3.05) is 9.44 Å². The number of hydrogen-bond donors (Lipinski definition) is 4. The lowest BCUT2D eigenvalue weighted by Crippen LogP contribution is -2.21. The second-order valence-corrected chi connectivity index (χ2v) is 14.0. The van der Waals surface area contributed by atoms with Gasteiger partial charge in [-0.15, -0.1) is 0 Å². The molecule has 6 aromatic rings. The number of anilines is 2. The molecule has 0 atom stereocenters. The van der Waals surface area contributed by atoms with E-state index in [1.807, 2.05) is 0 Å². The molecular formula is C34H28F2N4O9S2. The van der Waals surface area contributed by atoms with Crippen LogP contribution in [-0.2, 0) is 46.6 Å². The van der Waals surface area contributed by atoms with Gasteiger partial charge in [-0.1, -0.05) is 24.3 Å². The van der Waals surface area contributed by atoms with Gasteiger partial charge in [-0.3, -0.25) is 9.44 Å². The Kier molecular flexibility index (Phi) is 9.63. The molecule has 2 aromatic heterocycles. The largest absolute Gasteiger partial charge is 0.457 e. The number of halogens is 2. The maximum absolute atomic E-state index is 14.4. The summed E-state index contributed by atoms with van der Waals surface area (Å²) in [6.45, 7) is -1.99. The quantitative estimate of drug-likeness (QED) is 0.124. The molecule has 0 aliphatic heterocycles. The second-order valence-electron chi connectivity index (χ2n) is 11.4. The van der Waals surface area contributed by atoms with Crippen molar-refractivity contribution in [2.45, 2.75) is 26.2 Å². The van der Waals surface area contributed by atoms with Crippen molar-refractivity contribution in [2.24, 2.45) is 10.3 Å². The Morgan fingerprint density at radius 2 is 1.00 bits per heavy atom. The number of hydrogen-bond acceptors (Lipinski definition) is 9. The molecule has 0 bridgehead atoms. The fourth-order valence-corrected chi connectivity index (χ4v) is 6.63. The molecule has 0 aliphatic rings. The molecule has 4 aromatic carbocycles. The van der Waals surface area contributed by atoms with Crippen molar-refractivity contribution >= 4 is 53.7 Å². The van der Waals surface area contributed by atoms with Crippen molar-refractivity contribution in [3.8, 4) is 11.5 Å². The van der Waals surface area contributed by atoms with E-state index in [1.165, 1.54) is 60.7 Å². The molecule has 17 heteroatoms. The second kappa shape index (κ2) is 13.9. The topological polar surface area (TPSA) is 214 Å². The summed E-state index contributed by atoms with van der Waals surface area (Å²) in [6.07, 6.45) is -0.105. The number of nitrogens with one attached hydrogen (secondary N) is 2. The lowest BCUT2D eigenvalue weighted by Gasteiger charge is -2.13. The average Bonchev–Trinajstić information content (AvgIpc) is 3.04. The molecule has 2 heterocycles. The van der Waals surface area contributed by atoms with Crippen LogP contribution < -0.4 is 35.7 Å². The van der Waals surface area contributed by atoms with Crippen molar-refractivity contribution in [1.82, 2.24) is 0 Å². The van der Waals surface area contributed by atoms with E-state index >= 15 is 0 Å². The van der Waals surface area contributed by atoms with Gasteiger partial charge in [0, 0.05) is 58.0 Å². The van der Waals surface area contributed by atoms with Gasteiger partial charge in [-0.25, -0.2) is 28.6 Å². The number of alkyl halides is 2. The fourth-order valence-electron chi connectivity index (χ4n) is 5.72. The van der Waals surface area contributed by atoms with Gasteiger partial charge in [0.25, 0.3) is 20.4 Å². The van der Waals surface area contributed by atoms with E-state index in [0.717, 1.165) is 0 Å². The van der Waals surface area contributed by atoms with E-state index in [4.69, 9.17) is 23.8 Å². The van der Waals surface area contributed by atoms with Crippen LogP contribution in [0.2, 0.25) is 0 Å². The average molecular weight is 739 g/mol. The van der Waals surface area contributed by atoms with Crippen LogP contribution in [0.4, 0.5) is 20.2 Å². The van der Waals surface area contributed by atoms with Gasteiger partial charge >= 0.3 is 11.3 Å². The molecule has 0 radical (unpaired) electrons. The third-order valence-corrected chi connectivity index (χ3v) is 8.86. The van der Waals surface area contributed by atoms with Gasteiger partial charge < -0.3 is 13.6 Å². The van der Waals surface area contributed by atoms with Crippen LogP contribution in [0.3, 0.4) is 0 Å². The van der Waals surface area contributed by atoms with Crippen LogP contribution in [0.25, 0.3) is 21.9 Å². The molecule has 0 amide bonds. The Hall–Kier alpha value is -5.62. The van der Waals surface area contributed by atoms with Crippen LogP contribution in [0.1, 0.15) is 33.4 Å². The molecule has 0 saturated carbocycles. The normalized spacial score (nSPS) is 11.9. The summed E-state index contributed by atoms with van der Waals surface area (Å²) in [5, 5.41) is 10.7. The molecular weight excluding hydrogens is 711 g/mol. The molecule has 0 fully saturated rings. The van der Waals surface area contributed by atoms with E-state index in [-0.39, 0.29) is 69.1 Å². The smallest absolute Gasteiger partial charge is 0.340 e. The first kappa shape index (κ1) is 35.2. The number of nitrogens with two attached hydrogens (primary N) is 2. The highest BCUT2D eigenvalue weighted by molar-refractivity contribution is 7.90. The van der Waals surface area contributed by atoms with Crippen molar-refractivity contribution in [3.05, 3.63) is 139 Å². The van der Waals surface area contributed by atoms with Crippen LogP contribution >= 0.6 is 0 Å². The Morgan fingerprint density at radius 1 is 0.588 bits per heavy atom. The van der Waals surface area contributed by atoms with E-state index in [0.29, 0.717) is 21.9 Å². The molecule has 6 rings (SSSR count). The molecule has 0 aliphatic carbocycles. The Bertz CT molecular complexity index is 2480. The predicted molar refractivity (Wildman–Crippen MR) is 187 cm³/mol. The number of rotatable bonds is 12. The standard InChI is InChI=1S/C34H28F2N4O9S2/c35-17-29-25-9-7-23(15-31(25)48-33(41)27(29)13-19-3-1-5-21(11-19)39-50(37,43)44)47-24-8-10-26-30(18-36)28(34(42)49-32(26)16-24)14-20-4-2-6-22(12-20)40-51(38,45)46/h1-12,15-16,39-40H,13-14,17-18H2,(H2,37,43,44)(H2,38,45,46). The minimum atomic E-state index is -4.03. The molecule has 51 heavy (non-hydrogen) atoms. The number of ether oxygens (including phenoxy) is 1. The first-order valence-electron chi connectivity index (χ1n) is 15.0. The van der Waals surface area contributed by atoms with Crippen molar-refractivity contribution in [1.29, 1.82) is 0 Å². The summed E-state index contributed by atoms with van der Waals surface area (Å²) >= 11 is 0. The lowest BCUT2D eigenvalue weighted by molar-refractivity contribution is 0.468. The van der Waals surface area contributed by atoms with Gasteiger partial charge in [0.15, 0.2) is 0 Å². The van der Waals surface area contributed by atoms with E-state index in [1.54, 1.807) is 24.3 Å². The molecule has 264 valence electrons. The van der Waals surface area contributed by atoms with Crippen molar-refractivity contribution in [3.63, 3.8) is 0 Å². The van der Waals surface area contributed by atoms with Crippen molar-refractivity contribution < 1.29 is 39.2 Å². The summed E-state index contributed by atoms with van der Waals surface area (Å²) in [5.74, 6) is 0.393. The minimum Gasteiger partial charge on any atom is -0.457 e. The zero-order valence-corrected chi connectivity index (χ0v) is 27.9. The lowest BCUT2D eigenvalue weighted by atomic mass is 9.99. The number of benzene rings is 4. The van der Waals surface area contributed by atoms with Crippen LogP contribution in [0.15, 0.2) is 103 Å². The molecule has 0 spiro atoms. The molecule has 0 saturated heterocycles. The maximum Gasteiger partial charge on any atom is 0.340 e. The first-order chi connectivity index (χ1) is 24.2. The third kappa shape index (κ3) is 8.24. The fraction of sp³-hybridized carbons (Fsp3) is 0.118. The first-order valence-corrected chi connectivity index (χ1v) is 18.0. The molecule has 6 N–H and O–H groups in total. The monoisotopic (exact) mass is 738 g/mol. The maximum atomic E-state index is 14.4.